The zero-order valence-corrected chi connectivity index (χ0v) is 11.1. The number of rotatable bonds is 2. The van der Waals surface area contributed by atoms with Crippen LogP contribution in [0.3, 0.4) is 0 Å². The second kappa shape index (κ2) is 4.91. The van der Waals surface area contributed by atoms with Crippen LogP contribution in [-0.2, 0) is 0 Å². The van der Waals surface area contributed by atoms with Crippen molar-refractivity contribution in [3.63, 3.8) is 0 Å². The topological polar surface area (TPSA) is 12.0 Å². The quantitative estimate of drug-likeness (QED) is 0.808. The van der Waals surface area contributed by atoms with Gasteiger partial charge in [-0.15, -0.1) is 0 Å². The van der Waals surface area contributed by atoms with Gasteiger partial charge in [-0.3, -0.25) is 0 Å². The Balaban J connectivity index is 1.80. The number of fused-ring (bicyclic) bond motifs is 1. The molecule has 0 bridgehead atoms. The third kappa shape index (κ3) is 2.02. The lowest BCUT2D eigenvalue weighted by molar-refractivity contribution is 0.238. The number of para-hydroxylation sites is 1. The number of halogens is 1. The van der Waals surface area contributed by atoms with Gasteiger partial charge in [-0.1, -0.05) is 51.2 Å². The van der Waals surface area contributed by atoms with Crippen LogP contribution in [0.5, 0.6) is 0 Å². The Morgan fingerprint density at radius 1 is 1.22 bits per heavy atom. The molecule has 1 saturated carbocycles. The molecule has 2 unspecified atom stereocenters. The van der Waals surface area contributed by atoms with E-state index in [0.29, 0.717) is 11.8 Å². The van der Waals surface area contributed by atoms with Gasteiger partial charge < -0.3 is 5.32 Å². The maximum absolute atomic E-state index is 13.7. The Morgan fingerprint density at radius 2 is 2.00 bits per heavy atom. The third-order valence-electron chi connectivity index (χ3n) is 4.97. The van der Waals surface area contributed by atoms with Crippen LogP contribution in [0.2, 0.25) is 0 Å². The van der Waals surface area contributed by atoms with Gasteiger partial charge in [0.2, 0.25) is 0 Å². The van der Waals surface area contributed by atoms with Gasteiger partial charge in [0.15, 0.2) is 0 Å². The summed E-state index contributed by atoms with van der Waals surface area (Å²) in [5, 5.41) is 3.26. The van der Waals surface area contributed by atoms with Crippen LogP contribution >= 0.6 is 0 Å². The maximum Gasteiger partial charge on any atom is 0.146 e. The summed E-state index contributed by atoms with van der Waals surface area (Å²) in [6.45, 7) is 3.27. The van der Waals surface area contributed by atoms with Gasteiger partial charge in [-0.25, -0.2) is 4.39 Å². The van der Waals surface area contributed by atoms with E-state index in [4.69, 9.17) is 0 Å². The van der Waals surface area contributed by atoms with E-state index in [1.54, 1.807) is 6.07 Å². The summed E-state index contributed by atoms with van der Waals surface area (Å²) in [5.41, 5.74) is 1.96. The molecule has 1 aromatic carbocycles. The van der Waals surface area contributed by atoms with E-state index in [0.717, 1.165) is 18.2 Å². The highest BCUT2D eigenvalue weighted by atomic mass is 19.1. The fourth-order valence-electron chi connectivity index (χ4n) is 3.82. The molecule has 1 aromatic rings. The monoisotopic (exact) mass is 247 g/mol. The predicted octanol–water partition coefficient (Wildman–Crippen LogP) is 4.55. The van der Waals surface area contributed by atoms with Crippen LogP contribution in [0, 0.1) is 17.7 Å². The summed E-state index contributed by atoms with van der Waals surface area (Å²) in [4.78, 5) is 0. The van der Waals surface area contributed by atoms with Crippen LogP contribution in [0.15, 0.2) is 18.2 Å². The zero-order valence-electron chi connectivity index (χ0n) is 11.1. The van der Waals surface area contributed by atoms with Gasteiger partial charge >= 0.3 is 0 Å². The Kier molecular flexibility index (Phi) is 3.27. The molecule has 0 amide bonds. The number of nitrogens with one attached hydrogen (secondary N) is 1. The molecule has 2 atom stereocenters. The highest BCUT2D eigenvalue weighted by molar-refractivity contribution is 5.58. The summed E-state index contributed by atoms with van der Waals surface area (Å²) in [7, 11) is 0. The molecule has 1 aliphatic heterocycles. The van der Waals surface area contributed by atoms with Gasteiger partial charge in [0.05, 0.1) is 5.69 Å². The Labute approximate surface area is 109 Å². The fourth-order valence-corrected chi connectivity index (χ4v) is 3.82. The first-order valence-electron chi connectivity index (χ1n) is 7.29. The molecule has 98 valence electrons. The third-order valence-corrected chi connectivity index (χ3v) is 4.97. The van der Waals surface area contributed by atoms with E-state index >= 15 is 0 Å². The first-order chi connectivity index (χ1) is 8.77. The minimum atomic E-state index is -0.0918. The van der Waals surface area contributed by atoms with Crippen LogP contribution in [0.1, 0.15) is 50.5 Å². The molecular formula is C16H22FN. The lowest BCUT2D eigenvalue weighted by Gasteiger charge is -2.31. The Morgan fingerprint density at radius 3 is 2.78 bits per heavy atom. The standard InChI is InChI=1S/C16H22FN/c1-11(12-6-3-2-4-7-12)14-10-18-16-13(14)8-5-9-15(16)17/h5,8-9,11-12,14,18H,2-4,6-7,10H2,1H3. The van der Waals surface area contributed by atoms with E-state index in [2.05, 4.69) is 18.3 Å². The molecule has 3 rings (SSSR count). The first kappa shape index (κ1) is 12.0. The number of hydrogen-bond acceptors (Lipinski definition) is 1. The number of hydrogen-bond donors (Lipinski definition) is 1. The molecule has 2 heteroatoms. The average Bonchev–Trinajstić information content (AvgIpc) is 2.84. The molecule has 1 heterocycles. The van der Waals surface area contributed by atoms with Crippen molar-refractivity contribution in [1.82, 2.24) is 0 Å². The molecule has 2 aliphatic rings. The SMILES string of the molecule is CC(C1CCCCC1)C1CNc2c(F)cccc21. The van der Waals surface area contributed by atoms with Crippen LogP contribution in [0.25, 0.3) is 0 Å². The van der Waals surface area contributed by atoms with Crippen molar-refractivity contribution in [3.8, 4) is 0 Å². The van der Waals surface area contributed by atoms with Crippen molar-refractivity contribution in [3.05, 3.63) is 29.6 Å². The van der Waals surface area contributed by atoms with E-state index in [1.165, 1.54) is 37.7 Å². The first-order valence-corrected chi connectivity index (χ1v) is 7.29. The van der Waals surface area contributed by atoms with Crippen LogP contribution < -0.4 is 5.32 Å². The molecule has 1 fully saturated rings. The van der Waals surface area contributed by atoms with Gasteiger partial charge in [-0.05, 0) is 23.5 Å². The predicted molar refractivity (Wildman–Crippen MR) is 73.4 cm³/mol. The second-order valence-corrected chi connectivity index (χ2v) is 5.95. The van der Waals surface area contributed by atoms with Crippen molar-refractivity contribution in [2.75, 3.05) is 11.9 Å². The van der Waals surface area contributed by atoms with Crippen molar-refractivity contribution in [1.29, 1.82) is 0 Å². The smallest absolute Gasteiger partial charge is 0.146 e. The van der Waals surface area contributed by atoms with Crippen molar-refractivity contribution in [2.45, 2.75) is 44.9 Å². The Hall–Kier alpha value is -1.05. The van der Waals surface area contributed by atoms with Gasteiger partial charge in [0.1, 0.15) is 5.82 Å². The summed E-state index contributed by atoms with van der Waals surface area (Å²) in [5.74, 6) is 1.91. The molecule has 1 N–H and O–H groups in total. The van der Waals surface area contributed by atoms with E-state index in [-0.39, 0.29) is 5.82 Å². The largest absolute Gasteiger partial charge is 0.382 e. The molecule has 18 heavy (non-hydrogen) atoms. The summed E-state index contributed by atoms with van der Waals surface area (Å²) < 4.78 is 13.7. The van der Waals surface area contributed by atoms with Crippen LogP contribution in [0.4, 0.5) is 10.1 Å². The lowest BCUT2D eigenvalue weighted by Crippen LogP contribution is -2.23. The number of benzene rings is 1. The van der Waals surface area contributed by atoms with Gasteiger partial charge in [0.25, 0.3) is 0 Å². The lowest BCUT2D eigenvalue weighted by atomic mass is 9.73. The highest BCUT2D eigenvalue weighted by Gasteiger charge is 2.33. The van der Waals surface area contributed by atoms with Gasteiger partial charge in [0, 0.05) is 12.5 Å². The highest BCUT2D eigenvalue weighted by Crippen LogP contribution is 2.43. The molecule has 0 radical (unpaired) electrons. The molecule has 0 aromatic heterocycles. The maximum atomic E-state index is 13.7. The molecule has 1 aliphatic carbocycles. The van der Waals surface area contributed by atoms with Gasteiger partial charge in [-0.2, -0.15) is 0 Å². The fraction of sp³-hybridized carbons (Fsp3) is 0.625. The average molecular weight is 247 g/mol. The minimum absolute atomic E-state index is 0.0918. The second-order valence-electron chi connectivity index (χ2n) is 5.95. The minimum Gasteiger partial charge on any atom is -0.382 e. The van der Waals surface area contributed by atoms with Crippen LogP contribution in [-0.4, -0.2) is 6.54 Å². The Bertz CT molecular complexity index is 423. The summed E-state index contributed by atoms with van der Waals surface area (Å²) >= 11 is 0. The summed E-state index contributed by atoms with van der Waals surface area (Å²) in [6, 6.07) is 5.50. The van der Waals surface area contributed by atoms with E-state index in [9.17, 15) is 4.39 Å². The van der Waals surface area contributed by atoms with Crippen molar-refractivity contribution < 1.29 is 4.39 Å². The zero-order chi connectivity index (χ0) is 12.5. The molecule has 0 saturated heterocycles. The van der Waals surface area contributed by atoms with E-state index < -0.39 is 0 Å². The van der Waals surface area contributed by atoms with Crippen molar-refractivity contribution in [2.24, 2.45) is 11.8 Å². The summed E-state index contributed by atoms with van der Waals surface area (Å²) in [6.07, 6.45) is 6.89. The normalized spacial score (nSPS) is 25.6. The van der Waals surface area contributed by atoms with E-state index in [1.807, 2.05) is 6.07 Å². The number of anilines is 1. The molecule has 0 spiro atoms. The van der Waals surface area contributed by atoms with Crippen molar-refractivity contribution >= 4 is 5.69 Å². The molecule has 1 nitrogen and oxygen atoms in total. The molecular weight excluding hydrogens is 225 g/mol.